The van der Waals surface area contributed by atoms with Crippen LogP contribution in [0.25, 0.3) is 5.69 Å². The fourth-order valence-electron chi connectivity index (χ4n) is 3.00. The lowest BCUT2D eigenvalue weighted by Gasteiger charge is -2.21. The van der Waals surface area contributed by atoms with Gasteiger partial charge in [-0.1, -0.05) is 35.5 Å². The third kappa shape index (κ3) is 5.13. The Morgan fingerprint density at radius 1 is 1.10 bits per heavy atom. The Morgan fingerprint density at radius 2 is 1.83 bits per heavy atom. The Balaban J connectivity index is 1.65. The first-order chi connectivity index (χ1) is 14.5. The largest absolute Gasteiger partial charge is 0.493 e. The number of hydrogen-bond donors (Lipinski definition) is 0. The van der Waals surface area contributed by atoms with Crippen molar-refractivity contribution in [2.24, 2.45) is 0 Å². The van der Waals surface area contributed by atoms with Gasteiger partial charge in [0, 0.05) is 18.8 Å². The third-order valence-corrected chi connectivity index (χ3v) is 5.64. The van der Waals surface area contributed by atoms with Crippen LogP contribution in [0.2, 0.25) is 0 Å². The zero-order valence-corrected chi connectivity index (χ0v) is 18.5. The number of carbonyl (C=O) groups is 1. The van der Waals surface area contributed by atoms with Crippen LogP contribution in [-0.4, -0.2) is 52.1 Å². The fraction of sp³-hybridized carbons (Fsp3) is 0.318. The van der Waals surface area contributed by atoms with Crippen LogP contribution in [0, 0.1) is 6.92 Å². The molecule has 2 aromatic carbocycles. The zero-order valence-electron chi connectivity index (χ0n) is 17.7. The van der Waals surface area contributed by atoms with Crippen LogP contribution in [-0.2, 0) is 11.3 Å². The maximum atomic E-state index is 12.8. The van der Waals surface area contributed by atoms with Gasteiger partial charge in [-0.3, -0.25) is 9.36 Å². The van der Waals surface area contributed by atoms with Crippen LogP contribution in [0.15, 0.2) is 53.9 Å². The van der Waals surface area contributed by atoms with Gasteiger partial charge in [-0.05, 0) is 43.7 Å². The Labute approximate surface area is 181 Å². The van der Waals surface area contributed by atoms with Crippen molar-refractivity contribution in [3.05, 3.63) is 59.9 Å². The summed E-state index contributed by atoms with van der Waals surface area (Å²) in [5.74, 6) is 1.64. The van der Waals surface area contributed by atoms with E-state index in [1.165, 1.54) is 17.3 Å². The molecule has 3 rings (SSSR count). The van der Waals surface area contributed by atoms with Gasteiger partial charge in [-0.15, -0.1) is 10.2 Å². The summed E-state index contributed by atoms with van der Waals surface area (Å²) in [6.45, 7) is 5.12. The molecule has 0 N–H and O–H groups in total. The van der Waals surface area contributed by atoms with Gasteiger partial charge in [0.2, 0.25) is 5.91 Å². The molecule has 0 saturated carbocycles. The summed E-state index contributed by atoms with van der Waals surface area (Å²) in [7, 11) is 3.21. The van der Waals surface area contributed by atoms with Crippen LogP contribution in [0.5, 0.6) is 11.5 Å². The second-order valence-electron chi connectivity index (χ2n) is 6.70. The number of rotatable bonds is 9. The normalized spacial score (nSPS) is 10.7. The average molecular weight is 427 g/mol. The number of aryl methyl sites for hydroxylation is 1. The van der Waals surface area contributed by atoms with Gasteiger partial charge in [0.15, 0.2) is 16.7 Å². The van der Waals surface area contributed by atoms with E-state index in [4.69, 9.17) is 9.47 Å². The van der Waals surface area contributed by atoms with E-state index >= 15 is 0 Å². The molecule has 0 atom stereocenters. The van der Waals surface area contributed by atoms with Gasteiger partial charge in [-0.25, -0.2) is 0 Å². The molecule has 0 fully saturated rings. The first-order valence-electron chi connectivity index (χ1n) is 9.64. The molecule has 0 aliphatic rings. The summed E-state index contributed by atoms with van der Waals surface area (Å²) in [4.78, 5) is 14.6. The second kappa shape index (κ2) is 10.2. The molecule has 7 nitrogen and oxygen atoms in total. The molecule has 0 aliphatic heterocycles. The summed E-state index contributed by atoms with van der Waals surface area (Å²) in [6, 6.07) is 13.8. The van der Waals surface area contributed by atoms with E-state index in [0.717, 1.165) is 11.3 Å². The number of hydrogen-bond acceptors (Lipinski definition) is 6. The monoisotopic (exact) mass is 426 g/mol. The summed E-state index contributed by atoms with van der Waals surface area (Å²) >= 11 is 1.38. The lowest BCUT2D eigenvalue weighted by atomic mass is 10.2. The highest BCUT2D eigenvalue weighted by Crippen LogP contribution is 2.28. The molecule has 0 spiro atoms. The molecule has 30 heavy (non-hydrogen) atoms. The van der Waals surface area contributed by atoms with Crippen molar-refractivity contribution >= 4 is 17.7 Å². The summed E-state index contributed by atoms with van der Waals surface area (Å²) in [5, 5.41) is 8.87. The van der Waals surface area contributed by atoms with Crippen LogP contribution < -0.4 is 9.47 Å². The molecule has 1 heterocycles. The first-order valence-corrected chi connectivity index (χ1v) is 10.6. The van der Waals surface area contributed by atoms with Crippen molar-refractivity contribution < 1.29 is 14.3 Å². The SMILES string of the molecule is CCN(Cc1ccc(OC)c(OC)c1)C(=O)CSc1nncn1-c1ccc(C)cc1. The minimum absolute atomic E-state index is 0.0377. The minimum Gasteiger partial charge on any atom is -0.493 e. The predicted octanol–water partition coefficient (Wildman–Crippen LogP) is 3.73. The Morgan fingerprint density at radius 3 is 2.50 bits per heavy atom. The standard InChI is InChI=1S/C22H26N4O3S/c1-5-25(13-17-8-11-19(28-3)20(12-17)29-4)21(27)14-30-22-24-23-15-26(22)18-9-6-16(2)7-10-18/h6-12,15H,5,13-14H2,1-4H3. The number of carbonyl (C=O) groups excluding carboxylic acids is 1. The fourth-order valence-corrected chi connectivity index (χ4v) is 3.83. The van der Waals surface area contributed by atoms with Gasteiger partial charge in [0.1, 0.15) is 6.33 Å². The molecule has 8 heteroatoms. The molecule has 0 saturated heterocycles. The summed E-state index contributed by atoms with van der Waals surface area (Å²) in [5.41, 5.74) is 3.14. The number of amides is 1. The Kier molecular flexibility index (Phi) is 7.35. The lowest BCUT2D eigenvalue weighted by molar-refractivity contribution is -0.128. The van der Waals surface area contributed by atoms with Crippen molar-refractivity contribution in [2.75, 3.05) is 26.5 Å². The van der Waals surface area contributed by atoms with E-state index in [9.17, 15) is 4.79 Å². The average Bonchev–Trinajstić information content (AvgIpc) is 3.24. The molecule has 3 aromatic rings. The highest BCUT2D eigenvalue weighted by Gasteiger charge is 2.16. The molecule has 0 aliphatic carbocycles. The molecular weight excluding hydrogens is 400 g/mol. The maximum Gasteiger partial charge on any atom is 0.233 e. The lowest BCUT2D eigenvalue weighted by Crippen LogP contribution is -2.31. The van der Waals surface area contributed by atoms with Crippen LogP contribution in [0.1, 0.15) is 18.1 Å². The summed E-state index contributed by atoms with van der Waals surface area (Å²) in [6.07, 6.45) is 1.67. The van der Waals surface area contributed by atoms with Crippen LogP contribution in [0.4, 0.5) is 0 Å². The van der Waals surface area contributed by atoms with Crippen molar-refractivity contribution in [1.29, 1.82) is 0 Å². The quantitative estimate of drug-likeness (QED) is 0.486. The number of methoxy groups -OCH3 is 2. The molecule has 0 unspecified atom stereocenters. The number of ether oxygens (including phenoxy) is 2. The third-order valence-electron chi connectivity index (χ3n) is 4.71. The topological polar surface area (TPSA) is 69.5 Å². The van der Waals surface area contributed by atoms with Gasteiger partial charge in [0.05, 0.1) is 20.0 Å². The van der Waals surface area contributed by atoms with Crippen LogP contribution in [0.3, 0.4) is 0 Å². The van der Waals surface area contributed by atoms with E-state index in [2.05, 4.69) is 10.2 Å². The van der Waals surface area contributed by atoms with Gasteiger partial charge in [0.25, 0.3) is 0 Å². The van der Waals surface area contributed by atoms with Gasteiger partial charge in [-0.2, -0.15) is 0 Å². The van der Waals surface area contributed by atoms with E-state index in [1.807, 2.05) is 60.9 Å². The van der Waals surface area contributed by atoms with E-state index < -0.39 is 0 Å². The van der Waals surface area contributed by atoms with Crippen molar-refractivity contribution in [3.8, 4) is 17.2 Å². The number of benzene rings is 2. The van der Waals surface area contributed by atoms with Gasteiger partial charge >= 0.3 is 0 Å². The van der Waals surface area contributed by atoms with Crippen LogP contribution >= 0.6 is 11.8 Å². The Hall–Kier alpha value is -3.00. The first kappa shape index (κ1) is 21.7. The van der Waals surface area contributed by atoms with Crippen molar-refractivity contribution in [3.63, 3.8) is 0 Å². The zero-order chi connectivity index (χ0) is 21.5. The van der Waals surface area contributed by atoms with Crippen molar-refractivity contribution in [2.45, 2.75) is 25.5 Å². The number of aromatic nitrogens is 3. The number of thioether (sulfide) groups is 1. The minimum atomic E-state index is 0.0377. The molecule has 1 aromatic heterocycles. The van der Waals surface area contributed by atoms with E-state index in [0.29, 0.717) is 29.7 Å². The molecule has 0 bridgehead atoms. The maximum absolute atomic E-state index is 12.8. The van der Waals surface area contributed by atoms with Crippen molar-refractivity contribution in [1.82, 2.24) is 19.7 Å². The molecular formula is C22H26N4O3S. The highest BCUT2D eigenvalue weighted by molar-refractivity contribution is 7.99. The Bertz CT molecular complexity index is 988. The predicted molar refractivity (Wildman–Crippen MR) is 117 cm³/mol. The van der Waals surface area contributed by atoms with E-state index in [1.54, 1.807) is 25.4 Å². The highest BCUT2D eigenvalue weighted by atomic mass is 32.2. The summed E-state index contributed by atoms with van der Waals surface area (Å²) < 4.78 is 12.5. The molecule has 1 amide bonds. The molecule has 158 valence electrons. The number of nitrogens with zero attached hydrogens (tertiary/aromatic N) is 4. The smallest absolute Gasteiger partial charge is 0.233 e. The van der Waals surface area contributed by atoms with E-state index in [-0.39, 0.29) is 11.7 Å². The molecule has 0 radical (unpaired) electrons. The van der Waals surface area contributed by atoms with Gasteiger partial charge < -0.3 is 14.4 Å². The second-order valence-corrected chi connectivity index (χ2v) is 7.65.